The highest BCUT2D eigenvalue weighted by molar-refractivity contribution is 7.89. The Morgan fingerprint density at radius 3 is 2.20 bits per heavy atom. The van der Waals surface area contributed by atoms with E-state index in [1.165, 1.54) is 18.2 Å². The van der Waals surface area contributed by atoms with Crippen LogP contribution in [0.2, 0.25) is 0 Å². The van der Waals surface area contributed by atoms with Gasteiger partial charge in [-0.2, -0.15) is 5.10 Å². The summed E-state index contributed by atoms with van der Waals surface area (Å²) in [6, 6.07) is 23.5. The molecule has 2 aromatic heterocycles. The number of aromatic amines is 2. The Kier molecular flexibility index (Phi) is 5.89. The molecule has 0 aliphatic carbocycles. The molecule has 0 fully saturated rings. The zero-order chi connectivity index (χ0) is 24.4. The van der Waals surface area contributed by atoms with Gasteiger partial charge in [-0.3, -0.25) is 14.3 Å². The predicted octanol–water partition coefficient (Wildman–Crippen LogP) is 2.61. The minimum absolute atomic E-state index is 0.0154. The number of fused-ring (bicyclic) bond motifs is 1. The van der Waals surface area contributed by atoms with Crippen LogP contribution in [0.3, 0.4) is 0 Å². The van der Waals surface area contributed by atoms with Crippen LogP contribution in [-0.2, 0) is 23.1 Å². The summed E-state index contributed by atoms with van der Waals surface area (Å²) in [6.45, 7) is 0.561. The third-order valence-electron chi connectivity index (χ3n) is 5.53. The van der Waals surface area contributed by atoms with Gasteiger partial charge in [0.05, 0.1) is 28.2 Å². The number of H-pyrrole nitrogens is 2. The smallest absolute Gasteiger partial charge is 0.314 e. The number of aromatic nitrogens is 4. The van der Waals surface area contributed by atoms with Crippen molar-refractivity contribution in [2.45, 2.75) is 18.0 Å². The van der Waals surface area contributed by atoms with Crippen LogP contribution in [0.1, 0.15) is 11.1 Å². The lowest BCUT2D eigenvalue weighted by molar-refractivity contribution is 0.581. The molecular formula is C25H21N5O4S. The highest BCUT2D eigenvalue weighted by atomic mass is 32.2. The first-order valence-electron chi connectivity index (χ1n) is 10.8. The summed E-state index contributed by atoms with van der Waals surface area (Å²) in [7, 11) is -3.92. The lowest BCUT2D eigenvalue weighted by atomic mass is 10.1. The van der Waals surface area contributed by atoms with Crippen molar-refractivity contribution in [2.75, 3.05) is 0 Å². The van der Waals surface area contributed by atoms with Gasteiger partial charge in [-0.1, -0.05) is 60.7 Å². The number of rotatable bonds is 7. The number of hydrogen-bond acceptors (Lipinski definition) is 5. The van der Waals surface area contributed by atoms with Crippen molar-refractivity contribution in [3.8, 4) is 11.3 Å². The quantitative estimate of drug-likeness (QED) is 0.304. The van der Waals surface area contributed by atoms with E-state index in [1.54, 1.807) is 4.68 Å². The molecular weight excluding hydrogens is 466 g/mol. The van der Waals surface area contributed by atoms with Gasteiger partial charge < -0.3 is 9.97 Å². The van der Waals surface area contributed by atoms with Crippen LogP contribution >= 0.6 is 0 Å². The van der Waals surface area contributed by atoms with Crippen molar-refractivity contribution in [2.24, 2.45) is 0 Å². The SMILES string of the molecule is O=c1[nH]c2ccc(S(=O)(=O)NCc3cn(Cc4ccccc4)nc3-c3ccccc3)cc2[nH]c1=O. The van der Waals surface area contributed by atoms with Crippen molar-refractivity contribution in [1.82, 2.24) is 24.5 Å². The summed E-state index contributed by atoms with van der Waals surface area (Å²) >= 11 is 0. The van der Waals surface area contributed by atoms with E-state index < -0.39 is 21.1 Å². The highest BCUT2D eigenvalue weighted by Gasteiger charge is 2.18. The number of benzene rings is 3. The Morgan fingerprint density at radius 1 is 0.829 bits per heavy atom. The van der Waals surface area contributed by atoms with Gasteiger partial charge in [-0.05, 0) is 23.8 Å². The molecule has 176 valence electrons. The monoisotopic (exact) mass is 487 g/mol. The fourth-order valence-corrected chi connectivity index (χ4v) is 4.83. The van der Waals surface area contributed by atoms with Gasteiger partial charge in [0.2, 0.25) is 10.0 Å². The Labute approximate surface area is 200 Å². The summed E-state index contributed by atoms with van der Waals surface area (Å²) in [5.41, 5.74) is 2.26. The average molecular weight is 488 g/mol. The lowest BCUT2D eigenvalue weighted by Crippen LogP contribution is -2.29. The molecule has 0 atom stereocenters. The fourth-order valence-electron chi connectivity index (χ4n) is 3.80. The van der Waals surface area contributed by atoms with Gasteiger partial charge >= 0.3 is 11.1 Å². The van der Waals surface area contributed by atoms with Gasteiger partial charge in [0.15, 0.2) is 0 Å². The van der Waals surface area contributed by atoms with E-state index in [9.17, 15) is 18.0 Å². The van der Waals surface area contributed by atoms with Crippen LogP contribution in [0.5, 0.6) is 0 Å². The summed E-state index contributed by atoms with van der Waals surface area (Å²) < 4.78 is 30.5. The van der Waals surface area contributed by atoms with E-state index in [4.69, 9.17) is 5.10 Å². The first-order chi connectivity index (χ1) is 16.9. The number of sulfonamides is 1. The van der Waals surface area contributed by atoms with Crippen molar-refractivity contribution in [1.29, 1.82) is 0 Å². The zero-order valence-corrected chi connectivity index (χ0v) is 19.2. The maximum Gasteiger partial charge on any atom is 0.314 e. The molecule has 0 spiro atoms. The Hall–Kier alpha value is -4.28. The molecule has 0 amide bonds. The molecule has 0 radical (unpaired) electrons. The molecule has 2 heterocycles. The Morgan fingerprint density at radius 2 is 1.49 bits per heavy atom. The molecule has 0 saturated heterocycles. The summed E-state index contributed by atoms with van der Waals surface area (Å²) in [6.07, 6.45) is 1.83. The molecule has 0 bridgehead atoms. The molecule has 35 heavy (non-hydrogen) atoms. The first kappa shape index (κ1) is 22.5. The van der Waals surface area contributed by atoms with E-state index >= 15 is 0 Å². The topological polar surface area (TPSA) is 130 Å². The molecule has 3 aromatic carbocycles. The van der Waals surface area contributed by atoms with E-state index in [-0.39, 0.29) is 17.0 Å². The van der Waals surface area contributed by atoms with E-state index in [0.717, 1.165) is 11.1 Å². The van der Waals surface area contributed by atoms with Crippen LogP contribution in [-0.4, -0.2) is 28.2 Å². The number of nitrogens with one attached hydrogen (secondary N) is 3. The lowest BCUT2D eigenvalue weighted by Gasteiger charge is -2.08. The van der Waals surface area contributed by atoms with Gasteiger partial charge in [-0.25, -0.2) is 13.1 Å². The van der Waals surface area contributed by atoms with Gasteiger partial charge in [-0.15, -0.1) is 0 Å². The van der Waals surface area contributed by atoms with Gasteiger partial charge in [0.1, 0.15) is 0 Å². The molecule has 0 aliphatic heterocycles. The van der Waals surface area contributed by atoms with E-state index in [0.29, 0.717) is 23.3 Å². The van der Waals surface area contributed by atoms with Crippen molar-refractivity contribution in [3.63, 3.8) is 0 Å². The molecule has 5 aromatic rings. The molecule has 5 rings (SSSR count). The second-order valence-electron chi connectivity index (χ2n) is 7.99. The van der Waals surface area contributed by atoms with Crippen LogP contribution in [0.25, 0.3) is 22.3 Å². The maximum atomic E-state index is 13.0. The standard InChI is InChI=1S/C25H21N5O4S/c31-24-25(32)28-22-13-20(11-12-21(22)27-24)35(33,34)26-14-19-16-30(15-17-7-3-1-4-8-17)29-23(19)18-9-5-2-6-10-18/h1-13,16,26H,14-15H2,(H,27,31)(H,28,32). The molecule has 0 unspecified atom stereocenters. The average Bonchev–Trinajstić information content (AvgIpc) is 3.27. The maximum absolute atomic E-state index is 13.0. The second kappa shape index (κ2) is 9.16. The Balaban J connectivity index is 1.45. The summed E-state index contributed by atoms with van der Waals surface area (Å²) in [5.74, 6) is 0. The molecule has 0 saturated carbocycles. The van der Waals surface area contributed by atoms with Crippen molar-refractivity contribution in [3.05, 3.63) is 117 Å². The van der Waals surface area contributed by atoms with Crippen LogP contribution < -0.4 is 15.8 Å². The highest BCUT2D eigenvalue weighted by Crippen LogP contribution is 2.23. The predicted molar refractivity (Wildman–Crippen MR) is 132 cm³/mol. The molecule has 10 heteroatoms. The Bertz CT molecular complexity index is 1720. The van der Waals surface area contributed by atoms with Crippen LogP contribution in [0, 0.1) is 0 Å². The minimum atomic E-state index is -3.92. The van der Waals surface area contributed by atoms with Crippen molar-refractivity contribution >= 4 is 21.1 Å². The largest absolute Gasteiger partial charge is 0.316 e. The second-order valence-corrected chi connectivity index (χ2v) is 9.76. The number of hydrogen-bond donors (Lipinski definition) is 3. The summed E-state index contributed by atoms with van der Waals surface area (Å²) in [5, 5.41) is 4.72. The molecule has 0 aliphatic rings. The van der Waals surface area contributed by atoms with Crippen molar-refractivity contribution < 1.29 is 8.42 Å². The van der Waals surface area contributed by atoms with Gasteiger partial charge in [0.25, 0.3) is 0 Å². The third-order valence-corrected chi connectivity index (χ3v) is 6.93. The molecule has 3 N–H and O–H groups in total. The third kappa shape index (κ3) is 4.84. The van der Waals surface area contributed by atoms with Crippen LogP contribution in [0.4, 0.5) is 0 Å². The fraction of sp³-hybridized carbons (Fsp3) is 0.0800. The van der Waals surface area contributed by atoms with Crippen LogP contribution in [0.15, 0.2) is 99.5 Å². The normalized spacial score (nSPS) is 11.7. The zero-order valence-electron chi connectivity index (χ0n) is 18.4. The number of nitrogens with zero attached hydrogens (tertiary/aromatic N) is 2. The van der Waals surface area contributed by atoms with Gasteiger partial charge in [0, 0.05) is 23.9 Å². The van der Waals surface area contributed by atoms with E-state index in [1.807, 2.05) is 66.9 Å². The van der Waals surface area contributed by atoms with E-state index in [2.05, 4.69) is 14.7 Å². The first-order valence-corrected chi connectivity index (χ1v) is 12.3. The minimum Gasteiger partial charge on any atom is -0.316 e. The summed E-state index contributed by atoms with van der Waals surface area (Å²) in [4.78, 5) is 27.9. The molecule has 9 nitrogen and oxygen atoms in total.